The first kappa shape index (κ1) is 9.71. The van der Waals surface area contributed by atoms with Gasteiger partial charge in [-0.05, 0) is 12.8 Å². The molecule has 0 saturated heterocycles. The lowest BCUT2D eigenvalue weighted by atomic mass is 9.89. The third kappa shape index (κ3) is 0.881. The van der Waals surface area contributed by atoms with E-state index in [1.807, 2.05) is 0 Å². The average Bonchev–Trinajstić information content (AvgIpc) is 2.49. The second kappa shape index (κ2) is 2.05. The second-order valence-electron chi connectivity index (χ2n) is 4.43. The molecule has 0 spiro atoms. The van der Waals surface area contributed by atoms with Gasteiger partial charge in [-0.15, -0.1) is 46.4 Å². The van der Waals surface area contributed by atoms with Crippen LogP contribution >= 0.6 is 46.4 Å². The van der Waals surface area contributed by atoms with E-state index in [-0.39, 0.29) is 10.8 Å². The Kier molecular flexibility index (Phi) is 1.66. The monoisotopic (exact) mass is 246 g/mol. The molecular weight excluding hydrogens is 238 g/mol. The highest BCUT2D eigenvalue weighted by atomic mass is 35.5. The van der Waals surface area contributed by atoms with Crippen molar-refractivity contribution in [1.29, 1.82) is 0 Å². The number of rotatable bonds is 1. The first-order valence-electron chi connectivity index (χ1n) is 3.92. The number of hydrogen-bond acceptors (Lipinski definition) is 0. The predicted molar refractivity (Wildman–Crippen MR) is 54.3 cm³/mol. The second-order valence-corrected chi connectivity index (χ2v) is 7.39. The fourth-order valence-corrected chi connectivity index (χ4v) is 3.90. The van der Waals surface area contributed by atoms with E-state index in [1.165, 1.54) is 0 Å². The van der Waals surface area contributed by atoms with Crippen molar-refractivity contribution in [2.75, 3.05) is 0 Å². The van der Waals surface area contributed by atoms with E-state index >= 15 is 0 Å². The van der Waals surface area contributed by atoms with Crippen molar-refractivity contribution in [3.05, 3.63) is 0 Å². The Bertz CT molecular complexity index is 221. The fourth-order valence-electron chi connectivity index (χ4n) is 2.00. The molecule has 0 aliphatic heterocycles. The molecule has 2 fully saturated rings. The summed E-state index contributed by atoms with van der Waals surface area (Å²) in [5, 5.41) is 0. The maximum Gasteiger partial charge on any atom is 0.125 e. The maximum absolute atomic E-state index is 6.05. The van der Waals surface area contributed by atoms with Crippen LogP contribution in [0, 0.1) is 10.8 Å². The fraction of sp³-hybridized carbons (Fsp3) is 1.00. The van der Waals surface area contributed by atoms with Crippen LogP contribution in [0.25, 0.3) is 0 Å². The average molecular weight is 248 g/mol. The van der Waals surface area contributed by atoms with Gasteiger partial charge in [0.15, 0.2) is 0 Å². The van der Waals surface area contributed by atoms with Crippen LogP contribution in [0.2, 0.25) is 0 Å². The van der Waals surface area contributed by atoms with Crippen molar-refractivity contribution in [1.82, 2.24) is 0 Å². The van der Waals surface area contributed by atoms with Crippen LogP contribution in [0.4, 0.5) is 0 Å². The molecule has 0 amide bonds. The normalized spacial score (nSPS) is 53.5. The van der Waals surface area contributed by atoms with Gasteiger partial charge >= 0.3 is 0 Å². The molecule has 0 aromatic heterocycles. The van der Waals surface area contributed by atoms with Crippen molar-refractivity contribution < 1.29 is 0 Å². The third-order valence-electron chi connectivity index (χ3n) is 3.73. The van der Waals surface area contributed by atoms with Crippen LogP contribution in [0.3, 0.4) is 0 Å². The van der Waals surface area contributed by atoms with Gasteiger partial charge in [0.25, 0.3) is 0 Å². The Morgan fingerprint density at radius 2 is 0.917 bits per heavy atom. The Morgan fingerprint density at radius 1 is 0.750 bits per heavy atom. The predicted octanol–water partition coefficient (Wildman–Crippen LogP) is 4.15. The first-order chi connectivity index (χ1) is 5.16. The summed E-state index contributed by atoms with van der Waals surface area (Å²) in [6, 6.07) is 0. The summed E-state index contributed by atoms with van der Waals surface area (Å²) in [4.78, 5) is 0. The minimum Gasteiger partial charge on any atom is -0.101 e. The summed E-state index contributed by atoms with van der Waals surface area (Å²) in [6.45, 7) is 4.11. The van der Waals surface area contributed by atoms with Gasteiger partial charge < -0.3 is 0 Å². The Balaban J connectivity index is 2.25. The Morgan fingerprint density at radius 3 is 1.00 bits per heavy atom. The van der Waals surface area contributed by atoms with Crippen LogP contribution in [0.1, 0.15) is 26.7 Å². The quantitative estimate of drug-likeness (QED) is 0.611. The van der Waals surface area contributed by atoms with Crippen LogP contribution in [0.5, 0.6) is 0 Å². The van der Waals surface area contributed by atoms with Crippen molar-refractivity contribution in [2.24, 2.45) is 10.8 Å². The molecule has 0 aromatic rings. The van der Waals surface area contributed by atoms with Gasteiger partial charge in [0, 0.05) is 10.8 Å². The summed E-state index contributed by atoms with van der Waals surface area (Å²) in [5.41, 5.74) is -0.209. The number of halogens is 4. The highest BCUT2D eigenvalue weighted by Crippen LogP contribution is 2.84. The topological polar surface area (TPSA) is 0 Å². The van der Waals surface area contributed by atoms with Crippen molar-refractivity contribution in [3.63, 3.8) is 0 Å². The number of alkyl halides is 4. The molecule has 0 heterocycles. The molecule has 2 rings (SSSR count). The SMILES string of the molecule is C[C@@]1([C@]2(C)CC2(Cl)Cl)CC1(Cl)Cl. The smallest absolute Gasteiger partial charge is 0.101 e. The van der Waals surface area contributed by atoms with Gasteiger partial charge in [-0.1, -0.05) is 13.8 Å². The van der Waals surface area contributed by atoms with Gasteiger partial charge in [-0.25, -0.2) is 0 Å². The minimum atomic E-state index is -0.618. The molecule has 4 heteroatoms. The maximum atomic E-state index is 6.05. The molecule has 70 valence electrons. The van der Waals surface area contributed by atoms with Crippen molar-refractivity contribution >= 4 is 46.4 Å². The highest BCUT2D eigenvalue weighted by molar-refractivity contribution is 6.54. The first-order valence-corrected chi connectivity index (χ1v) is 5.43. The van der Waals surface area contributed by atoms with Crippen LogP contribution in [0.15, 0.2) is 0 Å². The van der Waals surface area contributed by atoms with Crippen molar-refractivity contribution in [2.45, 2.75) is 35.4 Å². The van der Waals surface area contributed by atoms with Crippen LogP contribution in [-0.4, -0.2) is 8.67 Å². The largest absolute Gasteiger partial charge is 0.125 e. The molecule has 0 aromatic carbocycles. The standard InChI is InChI=1S/C8H10Cl4/c1-5(3-7(5,9)10)6(2)4-8(6,11)12/h3-4H2,1-2H3/t5-,6-/m0/s1. The molecule has 2 aliphatic rings. The van der Waals surface area contributed by atoms with E-state index in [9.17, 15) is 0 Å². The zero-order chi connectivity index (χ0) is 9.41. The van der Waals surface area contributed by atoms with Gasteiger partial charge in [-0.3, -0.25) is 0 Å². The van der Waals surface area contributed by atoms with Gasteiger partial charge in [0.05, 0.1) is 0 Å². The lowest BCUT2D eigenvalue weighted by Gasteiger charge is -2.22. The molecule has 2 atom stereocenters. The molecule has 0 nitrogen and oxygen atoms in total. The van der Waals surface area contributed by atoms with Crippen LogP contribution < -0.4 is 0 Å². The highest BCUT2D eigenvalue weighted by Gasteiger charge is 2.82. The molecule has 2 aliphatic carbocycles. The Hall–Kier alpha value is 1.16. The minimum absolute atomic E-state index is 0.105. The molecule has 12 heavy (non-hydrogen) atoms. The lowest BCUT2D eigenvalue weighted by Crippen LogP contribution is -2.22. The van der Waals surface area contributed by atoms with Crippen molar-refractivity contribution in [3.8, 4) is 0 Å². The molecule has 0 unspecified atom stereocenters. The van der Waals surface area contributed by atoms with Gasteiger partial charge in [0.1, 0.15) is 8.67 Å². The molecule has 2 saturated carbocycles. The molecule has 0 bridgehead atoms. The summed E-state index contributed by atoms with van der Waals surface area (Å²) in [5.74, 6) is 0. The van der Waals surface area contributed by atoms with E-state index in [2.05, 4.69) is 13.8 Å². The summed E-state index contributed by atoms with van der Waals surface area (Å²) in [6.07, 6.45) is 1.58. The molecule has 0 N–H and O–H groups in total. The Labute approximate surface area is 92.5 Å². The van der Waals surface area contributed by atoms with Crippen LogP contribution in [-0.2, 0) is 0 Å². The molecule has 0 radical (unpaired) electrons. The van der Waals surface area contributed by atoms with E-state index in [0.29, 0.717) is 0 Å². The van der Waals surface area contributed by atoms with Gasteiger partial charge in [0.2, 0.25) is 0 Å². The van der Waals surface area contributed by atoms with E-state index in [4.69, 9.17) is 46.4 Å². The van der Waals surface area contributed by atoms with E-state index in [0.717, 1.165) is 12.8 Å². The summed E-state index contributed by atoms with van der Waals surface area (Å²) in [7, 11) is 0. The summed E-state index contributed by atoms with van der Waals surface area (Å²) < 4.78 is -1.24. The van der Waals surface area contributed by atoms with Gasteiger partial charge in [-0.2, -0.15) is 0 Å². The summed E-state index contributed by atoms with van der Waals surface area (Å²) >= 11 is 24.2. The lowest BCUT2D eigenvalue weighted by molar-refractivity contribution is 0.330. The zero-order valence-electron chi connectivity index (χ0n) is 6.93. The van der Waals surface area contributed by atoms with E-state index < -0.39 is 8.67 Å². The zero-order valence-corrected chi connectivity index (χ0v) is 9.95. The number of hydrogen-bond donors (Lipinski definition) is 0. The third-order valence-corrected chi connectivity index (χ3v) is 5.94. The molecular formula is C8H10Cl4. The van der Waals surface area contributed by atoms with E-state index in [1.54, 1.807) is 0 Å².